The molecule has 2 aromatic rings. The third-order valence-electron chi connectivity index (χ3n) is 2.49. The van der Waals surface area contributed by atoms with E-state index in [0.717, 1.165) is 5.69 Å². The highest BCUT2D eigenvalue weighted by Gasteiger charge is 2.09. The van der Waals surface area contributed by atoms with Gasteiger partial charge in [0.05, 0.1) is 23.8 Å². The Bertz CT molecular complexity index is 616. The molecule has 0 aliphatic carbocycles. The van der Waals surface area contributed by atoms with Crippen molar-refractivity contribution in [2.45, 2.75) is 19.9 Å². The van der Waals surface area contributed by atoms with E-state index in [1.807, 2.05) is 24.7 Å². The smallest absolute Gasteiger partial charge is 0.287 e. The van der Waals surface area contributed by atoms with Crippen LogP contribution in [0.5, 0.6) is 0 Å². The van der Waals surface area contributed by atoms with Gasteiger partial charge in [-0.1, -0.05) is 11.6 Å². The summed E-state index contributed by atoms with van der Waals surface area (Å²) in [6.07, 6.45) is 5.03. The zero-order valence-electron chi connectivity index (χ0n) is 10.4. The Hall–Kier alpha value is -1.82. The molecule has 0 radical (unpaired) electrons. The minimum Gasteiger partial charge on any atom is -0.350 e. The molecule has 0 unspecified atom stereocenters. The van der Waals surface area contributed by atoms with Gasteiger partial charge in [-0.3, -0.25) is 9.48 Å². The molecule has 18 heavy (non-hydrogen) atoms. The minimum atomic E-state index is -0.335. The van der Waals surface area contributed by atoms with Crippen LogP contribution >= 0.6 is 11.6 Å². The van der Waals surface area contributed by atoms with Crippen molar-refractivity contribution in [3.05, 3.63) is 34.0 Å². The topological polar surface area (TPSA) is 64.7 Å². The molecule has 2 aromatic heterocycles. The number of hydrogen-bond donors (Lipinski definition) is 1. The molecule has 0 saturated heterocycles. The van der Waals surface area contributed by atoms with Gasteiger partial charge < -0.3 is 5.32 Å². The Balaban J connectivity index is 2.29. The van der Waals surface area contributed by atoms with E-state index in [2.05, 4.69) is 15.5 Å². The van der Waals surface area contributed by atoms with Gasteiger partial charge in [0.2, 0.25) is 0 Å². The minimum absolute atomic E-state index is 0.116. The average Bonchev–Trinajstić information content (AvgIpc) is 2.79. The summed E-state index contributed by atoms with van der Waals surface area (Å²) in [4.78, 5) is 11.6. The Kier molecular flexibility index (Phi) is 3.38. The van der Waals surface area contributed by atoms with Crippen LogP contribution in [0.15, 0.2) is 23.4 Å². The Morgan fingerprint density at radius 1 is 1.33 bits per heavy atom. The zero-order valence-corrected chi connectivity index (χ0v) is 11.1. The summed E-state index contributed by atoms with van der Waals surface area (Å²) in [5.74, 6) is 0. The first-order valence-electron chi connectivity index (χ1n) is 5.52. The van der Waals surface area contributed by atoms with Crippen LogP contribution in [-0.4, -0.2) is 19.6 Å². The van der Waals surface area contributed by atoms with Crippen molar-refractivity contribution < 1.29 is 0 Å². The molecule has 0 amide bonds. The zero-order chi connectivity index (χ0) is 13.3. The molecule has 0 fully saturated rings. The lowest BCUT2D eigenvalue weighted by molar-refractivity contribution is 0.532. The van der Waals surface area contributed by atoms with E-state index >= 15 is 0 Å². The van der Waals surface area contributed by atoms with Crippen molar-refractivity contribution in [1.29, 1.82) is 0 Å². The molecule has 7 heteroatoms. The van der Waals surface area contributed by atoms with Gasteiger partial charge in [-0.05, 0) is 13.8 Å². The number of hydrogen-bond acceptors (Lipinski definition) is 4. The summed E-state index contributed by atoms with van der Waals surface area (Å²) in [5.41, 5.74) is 0.904. The van der Waals surface area contributed by atoms with Crippen molar-refractivity contribution >= 4 is 23.0 Å². The van der Waals surface area contributed by atoms with Gasteiger partial charge in [0.15, 0.2) is 0 Å². The quantitative estimate of drug-likeness (QED) is 0.923. The van der Waals surface area contributed by atoms with Gasteiger partial charge in [-0.2, -0.15) is 10.2 Å². The molecule has 0 bridgehead atoms. The molecule has 0 saturated carbocycles. The van der Waals surface area contributed by atoms with E-state index < -0.39 is 0 Å². The Morgan fingerprint density at radius 2 is 2.06 bits per heavy atom. The number of aryl methyl sites for hydroxylation is 1. The summed E-state index contributed by atoms with van der Waals surface area (Å²) in [7, 11) is 1.55. The molecule has 6 nitrogen and oxygen atoms in total. The molecule has 96 valence electrons. The van der Waals surface area contributed by atoms with Crippen LogP contribution in [-0.2, 0) is 7.05 Å². The normalized spacial score (nSPS) is 10.9. The van der Waals surface area contributed by atoms with Crippen LogP contribution < -0.4 is 10.9 Å². The average molecular weight is 268 g/mol. The fourth-order valence-corrected chi connectivity index (χ4v) is 1.66. The second-order valence-corrected chi connectivity index (χ2v) is 4.61. The number of nitrogens with one attached hydrogen (secondary N) is 1. The molecule has 0 spiro atoms. The van der Waals surface area contributed by atoms with E-state index in [9.17, 15) is 4.79 Å². The van der Waals surface area contributed by atoms with Crippen LogP contribution in [0.3, 0.4) is 0 Å². The molecule has 2 rings (SSSR count). The van der Waals surface area contributed by atoms with Gasteiger partial charge >= 0.3 is 0 Å². The number of rotatable bonds is 3. The van der Waals surface area contributed by atoms with Crippen LogP contribution in [0.2, 0.25) is 5.02 Å². The third kappa shape index (κ3) is 2.38. The maximum Gasteiger partial charge on any atom is 0.287 e. The van der Waals surface area contributed by atoms with Crippen LogP contribution in [0, 0.1) is 0 Å². The van der Waals surface area contributed by atoms with Crippen molar-refractivity contribution in [3.63, 3.8) is 0 Å². The Morgan fingerprint density at radius 3 is 2.67 bits per heavy atom. The van der Waals surface area contributed by atoms with Gasteiger partial charge in [0.1, 0.15) is 5.02 Å². The summed E-state index contributed by atoms with van der Waals surface area (Å²) in [5, 5.41) is 11.2. The SMILES string of the molecule is CC(C)n1cc(Nc2cnn(C)c(=O)c2Cl)cn1. The van der Waals surface area contributed by atoms with Crippen LogP contribution in [0.25, 0.3) is 0 Å². The first-order chi connectivity index (χ1) is 8.49. The summed E-state index contributed by atoms with van der Waals surface area (Å²) < 4.78 is 3.00. The standard InChI is InChI=1S/C11H14ClN5O/c1-7(2)17-6-8(4-14-17)15-9-5-13-16(3)11(18)10(9)12/h4-7,15H,1-3H3. The first-order valence-corrected chi connectivity index (χ1v) is 5.90. The molecule has 0 aliphatic rings. The highest BCUT2D eigenvalue weighted by atomic mass is 35.5. The third-order valence-corrected chi connectivity index (χ3v) is 2.85. The van der Waals surface area contributed by atoms with Gasteiger partial charge in [0, 0.05) is 19.3 Å². The van der Waals surface area contributed by atoms with E-state index in [1.54, 1.807) is 13.2 Å². The van der Waals surface area contributed by atoms with Gasteiger partial charge in [-0.25, -0.2) is 4.68 Å². The van der Waals surface area contributed by atoms with E-state index in [1.165, 1.54) is 10.9 Å². The fraction of sp³-hybridized carbons (Fsp3) is 0.364. The summed E-state index contributed by atoms with van der Waals surface area (Å²) in [6, 6.07) is 0.276. The van der Waals surface area contributed by atoms with Gasteiger partial charge in [-0.15, -0.1) is 0 Å². The monoisotopic (exact) mass is 267 g/mol. The lowest BCUT2D eigenvalue weighted by Gasteiger charge is -2.06. The Labute approximate surface area is 109 Å². The summed E-state index contributed by atoms with van der Waals surface area (Å²) in [6.45, 7) is 4.06. The molecular formula is C11H14ClN5O. The van der Waals surface area contributed by atoms with Crippen LogP contribution in [0.1, 0.15) is 19.9 Å². The highest BCUT2D eigenvalue weighted by molar-refractivity contribution is 6.33. The second kappa shape index (κ2) is 4.81. The van der Waals surface area contributed by atoms with Crippen LogP contribution in [0.4, 0.5) is 11.4 Å². The molecule has 0 aliphatic heterocycles. The number of nitrogens with zero attached hydrogens (tertiary/aromatic N) is 4. The van der Waals surface area contributed by atoms with Gasteiger partial charge in [0.25, 0.3) is 5.56 Å². The molecule has 0 atom stereocenters. The van der Waals surface area contributed by atoms with Crippen molar-refractivity contribution in [2.24, 2.45) is 7.05 Å². The van der Waals surface area contributed by atoms with E-state index in [-0.39, 0.29) is 16.6 Å². The maximum absolute atomic E-state index is 11.6. The highest BCUT2D eigenvalue weighted by Crippen LogP contribution is 2.21. The first kappa shape index (κ1) is 12.6. The number of halogens is 1. The lowest BCUT2D eigenvalue weighted by atomic mass is 10.4. The van der Waals surface area contributed by atoms with Crippen molar-refractivity contribution in [2.75, 3.05) is 5.32 Å². The molecule has 0 aromatic carbocycles. The fourth-order valence-electron chi connectivity index (χ4n) is 1.44. The molecular weight excluding hydrogens is 254 g/mol. The largest absolute Gasteiger partial charge is 0.350 e. The summed E-state index contributed by atoms with van der Waals surface area (Å²) >= 11 is 5.95. The number of anilines is 2. The van der Waals surface area contributed by atoms with E-state index in [0.29, 0.717) is 5.69 Å². The van der Waals surface area contributed by atoms with Crippen molar-refractivity contribution in [3.8, 4) is 0 Å². The second-order valence-electron chi connectivity index (χ2n) is 4.23. The predicted octanol–water partition coefficient (Wildman–Crippen LogP) is 1.95. The lowest BCUT2D eigenvalue weighted by Crippen LogP contribution is -2.20. The number of aromatic nitrogens is 4. The molecule has 2 heterocycles. The maximum atomic E-state index is 11.6. The van der Waals surface area contributed by atoms with Crippen molar-refractivity contribution in [1.82, 2.24) is 19.6 Å². The molecule has 1 N–H and O–H groups in total. The predicted molar refractivity (Wildman–Crippen MR) is 70.4 cm³/mol. The van der Waals surface area contributed by atoms with E-state index in [4.69, 9.17) is 11.6 Å².